The summed E-state index contributed by atoms with van der Waals surface area (Å²) in [5.41, 5.74) is 0.176. The number of nitro benzene ring substituents is 1. The fraction of sp³-hybridized carbons (Fsp3) is 0.111. The van der Waals surface area contributed by atoms with Crippen LogP contribution in [-0.2, 0) is 4.79 Å². The van der Waals surface area contributed by atoms with Gasteiger partial charge < -0.3 is 20.5 Å². The topological polar surface area (TPSA) is 114 Å². The minimum atomic E-state index is -0.982. The number of phenols is 1. The third-order valence-corrected chi connectivity index (χ3v) is 4.26. The first kappa shape index (κ1) is 18.3. The second kappa shape index (κ2) is 7.42. The first-order valence-electron chi connectivity index (χ1n) is 7.87. The van der Waals surface area contributed by atoms with Gasteiger partial charge in [0.1, 0.15) is 17.4 Å². The van der Waals surface area contributed by atoms with Gasteiger partial charge in [-0.05, 0) is 30.4 Å². The molecule has 0 aliphatic carbocycles. The SMILES string of the molecule is C=C1NC(=S)N[C@H](c2cc([N+](=O)[O-])ccc2O)[C@H]1C(=O)Oc1ccccc1. The van der Waals surface area contributed by atoms with E-state index in [1.54, 1.807) is 30.3 Å². The summed E-state index contributed by atoms with van der Waals surface area (Å²) in [6, 6.07) is 11.1. The van der Waals surface area contributed by atoms with E-state index >= 15 is 0 Å². The van der Waals surface area contributed by atoms with E-state index in [-0.39, 0.29) is 27.8 Å². The predicted molar refractivity (Wildman–Crippen MR) is 101 cm³/mol. The van der Waals surface area contributed by atoms with Crippen molar-refractivity contribution in [2.24, 2.45) is 5.92 Å². The van der Waals surface area contributed by atoms with Crippen LogP contribution in [0.15, 0.2) is 60.8 Å². The number of carbonyl (C=O) groups excluding carboxylic acids is 1. The molecular weight excluding hydrogens is 370 g/mol. The molecule has 3 rings (SSSR count). The lowest BCUT2D eigenvalue weighted by atomic mass is 9.88. The van der Waals surface area contributed by atoms with Crippen molar-refractivity contribution in [1.82, 2.24) is 10.6 Å². The molecule has 8 nitrogen and oxygen atoms in total. The van der Waals surface area contributed by atoms with Crippen LogP contribution >= 0.6 is 12.2 Å². The molecule has 2 aromatic rings. The standard InChI is InChI=1S/C18H15N3O5S/c1-10-15(17(23)26-12-5-3-2-4-6-12)16(20-18(27)19-10)13-9-11(21(24)25)7-8-14(13)22/h2-9,15-16,22H,1H2,(H2,19,20,27)/t15-,16+/m0/s1. The Balaban J connectivity index is 1.99. The first-order valence-corrected chi connectivity index (χ1v) is 8.28. The third-order valence-electron chi connectivity index (χ3n) is 4.04. The molecule has 27 heavy (non-hydrogen) atoms. The summed E-state index contributed by atoms with van der Waals surface area (Å²) in [4.78, 5) is 23.3. The molecule has 0 unspecified atom stereocenters. The summed E-state index contributed by atoms with van der Waals surface area (Å²) in [7, 11) is 0. The van der Waals surface area contributed by atoms with E-state index in [0.717, 1.165) is 0 Å². The number of aromatic hydroxyl groups is 1. The number of hydrogen-bond acceptors (Lipinski definition) is 6. The lowest BCUT2D eigenvalue weighted by Crippen LogP contribution is -2.51. The molecule has 0 aromatic heterocycles. The number of ether oxygens (including phenoxy) is 1. The quantitative estimate of drug-likeness (QED) is 0.242. The van der Waals surface area contributed by atoms with Gasteiger partial charge in [0.25, 0.3) is 5.69 Å². The summed E-state index contributed by atoms with van der Waals surface area (Å²) < 4.78 is 5.39. The van der Waals surface area contributed by atoms with E-state index in [1.165, 1.54) is 18.2 Å². The first-order chi connectivity index (χ1) is 12.9. The maximum atomic E-state index is 12.8. The minimum Gasteiger partial charge on any atom is -0.508 e. The molecule has 3 N–H and O–H groups in total. The van der Waals surface area contributed by atoms with E-state index in [0.29, 0.717) is 5.75 Å². The van der Waals surface area contributed by atoms with Gasteiger partial charge in [-0.3, -0.25) is 14.9 Å². The lowest BCUT2D eigenvalue weighted by molar-refractivity contribution is -0.385. The molecule has 1 saturated heterocycles. The summed E-state index contributed by atoms with van der Waals surface area (Å²) in [6.07, 6.45) is 0. The number of para-hydroxylation sites is 1. The monoisotopic (exact) mass is 385 g/mol. The minimum absolute atomic E-state index is 0.143. The van der Waals surface area contributed by atoms with Crippen molar-refractivity contribution in [3.05, 3.63) is 76.5 Å². The third kappa shape index (κ3) is 3.87. The Kier molecular flexibility index (Phi) is 5.04. The predicted octanol–water partition coefficient (Wildman–Crippen LogP) is 2.55. The maximum absolute atomic E-state index is 12.8. The summed E-state index contributed by atoms with van der Waals surface area (Å²) in [5.74, 6) is -1.51. The molecule has 0 amide bonds. The molecule has 1 fully saturated rings. The number of nitrogens with zero attached hydrogens (tertiary/aromatic N) is 1. The molecule has 2 atom stereocenters. The zero-order valence-corrected chi connectivity index (χ0v) is 14.7. The molecule has 2 aromatic carbocycles. The van der Waals surface area contributed by atoms with Crippen LogP contribution in [0.25, 0.3) is 0 Å². The van der Waals surface area contributed by atoms with E-state index in [1.807, 2.05) is 0 Å². The van der Waals surface area contributed by atoms with Gasteiger partial charge in [0.2, 0.25) is 0 Å². The normalized spacial score (nSPS) is 19.0. The Bertz CT molecular complexity index is 932. The molecule has 138 valence electrons. The molecule has 0 spiro atoms. The van der Waals surface area contributed by atoms with Gasteiger partial charge in [0.15, 0.2) is 5.11 Å². The van der Waals surface area contributed by atoms with Crippen LogP contribution in [0, 0.1) is 16.0 Å². The van der Waals surface area contributed by atoms with Crippen molar-refractivity contribution in [2.45, 2.75) is 6.04 Å². The van der Waals surface area contributed by atoms with E-state index < -0.39 is 22.9 Å². The summed E-state index contributed by atoms with van der Waals surface area (Å²) in [5, 5.41) is 27.1. The van der Waals surface area contributed by atoms with Gasteiger partial charge >= 0.3 is 5.97 Å². The highest BCUT2D eigenvalue weighted by molar-refractivity contribution is 7.80. The largest absolute Gasteiger partial charge is 0.508 e. The van der Waals surface area contributed by atoms with E-state index in [4.69, 9.17) is 17.0 Å². The van der Waals surface area contributed by atoms with Gasteiger partial charge in [-0.2, -0.15) is 0 Å². The van der Waals surface area contributed by atoms with Gasteiger partial charge in [-0.25, -0.2) is 0 Å². The highest BCUT2D eigenvalue weighted by atomic mass is 32.1. The highest BCUT2D eigenvalue weighted by Gasteiger charge is 2.39. The fourth-order valence-electron chi connectivity index (χ4n) is 2.79. The number of nitrogens with one attached hydrogen (secondary N) is 2. The number of nitro groups is 1. The smallest absolute Gasteiger partial charge is 0.322 e. The molecule has 1 heterocycles. The van der Waals surface area contributed by atoms with Crippen LogP contribution in [0.1, 0.15) is 11.6 Å². The van der Waals surface area contributed by atoms with Gasteiger partial charge in [-0.15, -0.1) is 0 Å². The number of carbonyl (C=O) groups is 1. The van der Waals surface area contributed by atoms with Gasteiger partial charge in [0, 0.05) is 23.4 Å². The van der Waals surface area contributed by atoms with Crippen LogP contribution in [-0.4, -0.2) is 21.1 Å². The Labute approximate surface area is 159 Å². The van der Waals surface area contributed by atoms with Crippen LogP contribution in [0.4, 0.5) is 5.69 Å². The lowest BCUT2D eigenvalue weighted by Gasteiger charge is -2.34. The van der Waals surface area contributed by atoms with Crippen LogP contribution in [0.2, 0.25) is 0 Å². The second-order valence-corrected chi connectivity index (χ2v) is 6.22. The van der Waals surface area contributed by atoms with Crippen molar-refractivity contribution < 1.29 is 19.6 Å². The average Bonchev–Trinajstić information content (AvgIpc) is 2.62. The molecule has 9 heteroatoms. The van der Waals surface area contributed by atoms with Crippen molar-refractivity contribution in [1.29, 1.82) is 0 Å². The molecule has 1 aliphatic rings. The van der Waals surface area contributed by atoms with E-state index in [9.17, 15) is 20.0 Å². The van der Waals surface area contributed by atoms with Crippen molar-refractivity contribution in [3.63, 3.8) is 0 Å². The molecule has 0 saturated carbocycles. The number of benzene rings is 2. The molecule has 0 bridgehead atoms. The van der Waals surface area contributed by atoms with Crippen LogP contribution in [0.5, 0.6) is 11.5 Å². The number of non-ortho nitro benzene ring substituents is 1. The van der Waals surface area contributed by atoms with Gasteiger partial charge in [-0.1, -0.05) is 24.8 Å². The van der Waals surface area contributed by atoms with Gasteiger partial charge in [0.05, 0.1) is 11.0 Å². The number of rotatable bonds is 4. The number of esters is 1. The van der Waals surface area contributed by atoms with Crippen molar-refractivity contribution in [3.8, 4) is 11.5 Å². The van der Waals surface area contributed by atoms with Crippen molar-refractivity contribution >= 4 is 29.0 Å². The van der Waals surface area contributed by atoms with Crippen LogP contribution in [0.3, 0.4) is 0 Å². The Morgan fingerprint density at radius 3 is 2.63 bits per heavy atom. The fourth-order valence-corrected chi connectivity index (χ4v) is 3.05. The molecule has 1 aliphatic heterocycles. The molecule has 0 radical (unpaired) electrons. The van der Waals surface area contributed by atoms with Crippen molar-refractivity contribution in [2.75, 3.05) is 0 Å². The average molecular weight is 385 g/mol. The summed E-state index contributed by atoms with van der Waals surface area (Å²) >= 11 is 5.11. The molecular formula is C18H15N3O5S. The summed E-state index contributed by atoms with van der Waals surface area (Å²) in [6.45, 7) is 3.82. The maximum Gasteiger partial charge on any atom is 0.322 e. The Morgan fingerprint density at radius 1 is 1.26 bits per heavy atom. The zero-order valence-electron chi connectivity index (χ0n) is 13.9. The second-order valence-electron chi connectivity index (χ2n) is 5.81. The number of thiocarbonyl (C=S) groups is 1. The number of hydrogen-bond donors (Lipinski definition) is 3. The Morgan fingerprint density at radius 2 is 1.96 bits per heavy atom. The number of phenolic OH excluding ortho intramolecular Hbond substituents is 1. The van der Waals surface area contributed by atoms with Crippen LogP contribution < -0.4 is 15.4 Å². The zero-order chi connectivity index (χ0) is 19.6. The Hall–Kier alpha value is -3.46. The highest BCUT2D eigenvalue weighted by Crippen LogP contribution is 2.37. The van der Waals surface area contributed by atoms with E-state index in [2.05, 4.69) is 17.2 Å².